The van der Waals surface area contributed by atoms with E-state index in [1.54, 1.807) is 7.11 Å². The van der Waals surface area contributed by atoms with Crippen molar-refractivity contribution >= 4 is 11.6 Å². The van der Waals surface area contributed by atoms with E-state index in [0.29, 0.717) is 17.8 Å². The van der Waals surface area contributed by atoms with Gasteiger partial charge in [0.1, 0.15) is 11.3 Å². The number of fused-ring (bicyclic) bond motifs is 2. The fourth-order valence-corrected chi connectivity index (χ4v) is 5.12. The van der Waals surface area contributed by atoms with Crippen molar-refractivity contribution < 1.29 is 9.53 Å². The number of ether oxygens (including phenoxy) is 1. The van der Waals surface area contributed by atoms with E-state index in [-0.39, 0.29) is 17.5 Å². The van der Waals surface area contributed by atoms with Crippen LogP contribution in [0.5, 0.6) is 5.75 Å². The van der Waals surface area contributed by atoms with Crippen molar-refractivity contribution in [2.24, 2.45) is 7.05 Å². The molecule has 1 atom stereocenters. The van der Waals surface area contributed by atoms with Crippen molar-refractivity contribution in [2.45, 2.75) is 45.3 Å². The summed E-state index contributed by atoms with van der Waals surface area (Å²) < 4.78 is 8.59. The first-order valence-electron chi connectivity index (χ1n) is 12.7. The lowest BCUT2D eigenvalue weighted by Crippen LogP contribution is -2.38. The molecule has 0 spiro atoms. The fourth-order valence-electron chi connectivity index (χ4n) is 5.12. The lowest BCUT2D eigenvalue weighted by molar-refractivity contribution is 0.0939. The Kier molecular flexibility index (Phi) is 7.10. The van der Waals surface area contributed by atoms with Gasteiger partial charge in [0.05, 0.1) is 18.9 Å². The van der Waals surface area contributed by atoms with Gasteiger partial charge in [0.15, 0.2) is 5.65 Å². The summed E-state index contributed by atoms with van der Waals surface area (Å²) in [7, 11) is 3.58. The number of hydrogen-bond donors (Lipinski definition) is 1. The monoisotopic (exact) mass is 499 g/mol. The quantitative estimate of drug-likeness (QED) is 0.402. The van der Waals surface area contributed by atoms with Crippen LogP contribution in [0.2, 0.25) is 0 Å². The second kappa shape index (κ2) is 10.6. The third-order valence-electron chi connectivity index (χ3n) is 7.21. The van der Waals surface area contributed by atoms with Crippen LogP contribution in [-0.2, 0) is 33.0 Å². The number of aryl methyl sites for hydroxylation is 2. The van der Waals surface area contributed by atoms with Gasteiger partial charge < -0.3 is 14.6 Å². The van der Waals surface area contributed by atoms with Crippen LogP contribution in [0.15, 0.2) is 65.6 Å². The number of methoxy groups -OCH3 is 1. The number of amides is 1. The normalized spacial score (nSPS) is 14.4. The van der Waals surface area contributed by atoms with Gasteiger partial charge in [-0.15, -0.1) is 0 Å². The molecule has 3 heterocycles. The highest BCUT2D eigenvalue weighted by Crippen LogP contribution is 2.22. The second-order valence-electron chi connectivity index (χ2n) is 9.79. The van der Waals surface area contributed by atoms with Crippen molar-refractivity contribution in [1.29, 1.82) is 0 Å². The molecule has 8 nitrogen and oxygen atoms in total. The third kappa shape index (κ3) is 5.15. The highest BCUT2D eigenvalue weighted by molar-refractivity contribution is 6.00. The van der Waals surface area contributed by atoms with Gasteiger partial charge in [0, 0.05) is 44.8 Å². The van der Waals surface area contributed by atoms with Crippen LogP contribution in [0.25, 0.3) is 5.65 Å². The Balaban J connectivity index is 1.33. The zero-order chi connectivity index (χ0) is 25.9. The zero-order valence-electron chi connectivity index (χ0n) is 21.6. The molecule has 0 radical (unpaired) electrons. The summed E-state index contributed by atoms with van der Waals surface area (Å²) in [6.07, 6.45) is 3.95. The lowest BCUT2D eigenvalue weighted by atomic mass is 10.0. The number of hydrogen-bond acceptors (Lipinski definition) is 5. The lowest BCUT2D eigenvalue weighted by Gasteiger charge is -2.30. The maximum atomic E-state index is 13.4. The molecule has 37 heavy (non-hydrogen) atoms. The van der Waals surface area contributed by atoms with Gasteiger partial charge >= 0.3 is 0 Å². The van der Waals surface area contributed by atoms with E-state index in [4.69, 9.17) is 4.74 Å². The van der Waals surface area contributed by atoms with Gasteiger partial charge in [0.25, 0.3) is 11.5 Å². The molecule has 5 rings (SSSR count). The van der Waals surface area contributed by atoms with Gasteiger partial charge in [-0.2, -0.15) is 9.61 Å². The minimum atomic E-state index is -0.206. The number of nitrogens with one attached hydrogen (secondary N) is 1. The highest BCUT2D eigenvalue weighted by atomic mass is 16.5. The smallest absolute Gasteiger partial charge is 0.279 e. The van der Waals surface area contributed by atoms with E-state index in [1.807, 2.05) is 48.9 Å². The molecule has 1 amide bonds. The van der Waals surface area contributed by atoms with Crippen LogP contribution in [-0.4, -0.2) is 44.7 Å². The Morgan fingerprint density at radius 1 is 1.11 bits per heavy atom. The third-order valence-corrected chi connectivity index (χ3v) is 7.21. The Morgan fingerprint density at radius 2 is 1.86 bits per heavy atom. The number of nitrogens with zero attached hydrogens (tertiary/aromatic N) is 4. The van der Waals surface area contributed by atoms with Crippen molar-refractivity contribution in [3.05, 3.63) is 99.1 Å². The molecule has 0 fully saturated rings. The van der Waals surface area contributed by atoms with E-state index >= 15 is 0 Å². The summed E-state index contributed by atoms with van der Waals surface area (Å²) in [5, 5.41) is 7.42. The molecule has 0 bridgehead atoms. The summed E-state index contributed by atoms with van der Waals surface area (Å²) in [6, 6.07) is 18.2. The number of benzene rings is 2. The van der Waals surface area contributed by atoms with Crippen LogP contribution >= 0.6 is 0 Å². The molecule has 2 aromatic carbocycles. The number of carbonyl (C=O) groups excluding carboxylic acids is 1. The van der Waals surface area contributed by atoms with Crippen molar-refractivity contribution in [3.8, 4) is 5.75 Å². The molecule has 0 saturated heterocycles. The van der Waals surface area contributed by atoms with Gasteiger partial charge in [0.2, 0.25) is 0 Å². The molecule has 192 valence electrons. The van der Waals surface area contributed by atoms with Crippen LogP contribution < -0.4 is 15.6 Å². The number of aromatic nitrogens is 3. The van der Waals surface area contributed by atoms with E-state index in [2.05, 4.69) is 39.6 Å². The first-order chi connectivity index (χ1) is 17.9. The minimum absolute atomic E-state index is 0.0103. The Morgan fingerprint density at radius 3 is 2.59 bits per heavy atom. The summed E-state index contributed by atoms with van der Waals surface area (Å²) in [5.41, 5.74) is 4.93. The molecule has 1 aliphatic heterocycles. The van der Waals surface area contributed by atoms with Crippen LogP contribution in [0.1, 0.15) is 46.1 Å². The average Bonchev–Trinajstić information content (AvgIpc) is 3.38. The van der Waals surface area contributed by atoms with Gasteiger partial charge in [-0.25, -0.2) is 0 Å². The molecule has 4 aromatic rings. The van der Waals surface area contributed by atoms with E-state index in [9.17, 15) is 9.59 Å². The Hall–Kier alpha value is -3.91. The van der Waals surface area contributed by atoms with Crippen LogP contribution in [0, 0.1) is 0 Å². The van der Waals surface area contributed by atoms with Crippen molar-refractivity contribution in [2.75, 3.05) is 13.7 Å². The number of carbonyl (C=O) groups is 1. The van der Waals surface area contributed by atoms with Crippen molar-refractivity contribution in [3.63, 3.8) is 0 Å². The van der Waals surface area contributed by atoms with Crippen LogP contribution in [0.3, 0.4) is 0 Å². The molecular weight excluding hydrogens is 466 g/mol. The molecule has 1 aliphatic rings. The Labute approximate surface area is 216 Å². The topological polar surface area (TPSA) is 80.9 Å². The van der Waals surface area contributed by atoms with E-state index in [0.717, 1.165) is 49.4 Å². The number of rotatable bonds is 8. The predicted molar refractivity (Wildman–Crippen MR) is 143 cm³/mol. The fraction of sp³-hybridized carbons (Fsp3) is 0.345. The molecule has 0 saturated carbocycles. The summed E-state index contributed by atoms with van der Waals surface area (Å²) >= 11 is 0. The standard InChI is InChI=1S/C29H33N5O3/c1-20(9-10-21-7-5-4-6-8-21)31-27(35)24-17-30-34-28(24)32(2)26-15-16-33(19-25(26)29(34)36)18-22-11-13-23(37-3)14-12-22/h4-8,11-14,17,20H,9-10,15-16,18-19H2,1-3H3,(H,31,35). The summed E-state index contributed by atoms with van der Waals surface area (Å²) in [5.74, 6) is 0.621. The maximum absolute atomic E-state index is 13.4. The molecule has 8 heteroatoms. The van der Waals surface area contributed by atoms with Crippen molar-refractivity contribution in [1.82, 2.24) is 24.4 Å². The Bertz CT molecular complexity index is 1460. The van der Waals surface area contributed by atoms with Crippen LogP contribution in [0.4, 0.5) is 0 Å². The first kappa shape index (κ1) is 24.8. The van der Waals surface area contributed by atoms with Gasteiger partial charge in [-0.3, -0.25) is 14.5 Å². The molecule has 1 N–H and O–H groups in total. The second-order valence-corrected chi connectivity index (χ2v) is 9.79. The predicted octanol–water partition coefficient (Wildman–Crippen LogP) is 3.35. The summed E-state index contributed by atoms with van der Waals surface area (Å²) in [6.45, 7) is 4.12. The highest BCUT2D eigenvalue weighted by Gasteiger charge is 2.26. The molecule has 0 aliphatic carbocycles. The average molecular weight is 500 g/mol. The van der Waals surface area contributed by atoms with E-state index in [1.165, 1.54) is 21.8 Å². The minimum Gasteiger partial charge on any atom is -0.497 e. The zero-order valence-corrected chi connectivity index (χ0v) is 21.6. The first-order valence-corrected chi connectivity index (χ1v) is 12.7. The largest absolute Gasteiger partial charge is 0.497 e. The molecule has 2 aromatic heterocycles. The maximum Gasteiger partial charge on any atom is 0.279 e. The van der Waals surface area contributed by atoms with Gasteiger partial charge in [-0.05, 0) is 43.0 Å². The SMILES string of the molecule is COc1ccc(CN2CCc3c(c(=O)n4ncc(C(=O)NC(C)CCc5ccccc5)c4n3C)C2)cc1. The summed E-state index contributed by atoms with van der Waals surface area (Å²) in [4.78, 5) is 28.9. The van der Waals surface area contributed by atoms with E-state index < -0.39 is 0 Å². The van der Waals surface area contributed by atoms with Gasteiger partial charge in [-0.1, -0.05) is 42.5 Å². The molecule has 1 unspecified atom stereocenters. The molecular formula is C29H33N5O3.